The van der Waals surface area contributed by atoms with E-state index in [-0.39, 0.29) is 24.1 Å². The van der Waals surface area contributed by atoms with E-state index in [0.717, 1.165) is 18.5 Å². The zero-order valence-electron chi connectivity index (χ0n) is 10.3. The summed E-state index contributed by atoms with van der Waals surface area (Å²) in [4.78, 5) is 0. The lowest BCUT2D eigenvalue weighted by atomic mass is 10.0. The van der Waals surface area contributed by atoms with Gasteiger partial charge in [-0.1, -0.05) is 13.0 Å². The van der Waals surface area contributed by atoms with Crippen LogP contribution < -0.4 is 5.32 Å². The molecule has 2 unspecified atom stereocenters. The van der Waals surface area contributed by atoms with Crippen LogP contribution in [-0.4, -0.2) is 28.5 Å². The lowest BCUT2D eigenvalue weighted by molar-refractivity contribution is 0.258. The predicted molar refractivity (Wildman–Crippen MR) is 67.1 cm³/mol. The third-order valence-corrected chi connectivity index (χ3v) is 2.87. The second-order valence-electron chi connectivity index (χ2n) is 4.49. The number of nitrogens with one attached hydrogen (secondary N) is 1. The molecule has 0 saturated carbocycles. The number of benzene rings is 1. The number of aliphatic hydroxyl groups is 1. The van der Waals surface area contributed by atoms with Gasteiger partial charge in [-0.2, -0.15) is 0 Å². The summed E-state index contributed by atoms with van der Waals surface area (Å²) >= 11 is 0. The van der Waals surface area contributed by atoms with E-state index in [1.54, 1.807) is 12.1 Å². The lowest BCUT2D eigenvalue weighted by Crippen LogP contribution is -2.25. The summed E-state index contributed by atoms with van der Waals surface area (Å²) in [6.07, 6.45) is 0.765. The first-order chi connectivity index (χ1) is 8.04. The minimum atomic E-state index is 0.0109. The van der Waals surface area contributed by atoms with Gasteiger partial charge in [0.15, 0.2) is 0 Å². The molecule has 96 valence electrons. The Hall–Kier alpha value is -1.26. The second-order valence-corrected chi connectivity index (χ2v) is 4.49. The number of aromatic hydroxyl groups is 2. The molecule has 1 rings (SSSR count). The summed E-state index contributed by atoms with van der Waals surface area (Å²) in [6, 6.07) is 4.62. The topological polar surface area (TPSA) is 72.7 Å². The molecular formula is C13H21NO3. The van der Waals surface area contributed by atoms with Crippen LogP contribution in [0.4, 0.5) is 0 Å². The van der Waals surface area contributed by atoms with Crippen molar-refractivity contribution in [2.45, 2.75) is 26.3 Å². The van der Waals surface area contributed by atoms with Gasteiger partial charge in [0.05, 0.1) is 0 Å². The fraction of sp³-hybridized carbons (Fsp3) is 0.538. The lowest BCUT2D eigenvalue weighted by Gasteiger charge is -2.18. The van der Waals surface area contributed by atoms with E-state index in [4.69, 9.17) is 5.11 Å². The highest BCUT2D eigenvalue weighted by Crippen LogP contribution is 2.27. The van der Waals surface area contributed by atoms with Crippen LogP contribution in [0, 0.1) is 5.92 Å². The van der Waals surface area contributed by atoms with Crippen LogP contribution in [0.3, 0.4) is 0 Å². The standard InChI is InChI=1S/C13H21NO3/c1-9(5-6-15)8-14-10(2)12-4-3-11(16)7-13(12)17/h3-4,7,9-10,14-17H,5-6,8H2,1-2H3. The molecule has 0 amide bonds. The molecule has 0 saturated heterocycles. The first-order valence-electron chi connectivity index (χ1n) is 5.90. The van der Waals surface area contributed by atoms with Gasteiger partial charge in [0.25, 0.3) is 0 Å². The molecule has 0 aromatic heterocycles. The Kier molecular flexibility index (Phi) is 5.25. The van der Waals surface area contributed by atoms with Crippen LogP contribution in [-0.2, 0) is 0 Å². The van der Waals surface area contributed by atoms with Crippen molar-refractivity contribution in [2.75, 3.05) is 13.2 Å². The predicted octanol–water partition coefficient (Wildman–Crippen LogP) is 1.77. The third kappa shape index (κ3) is 4.24. The van der Waals surface area contributed by atoms with E-state index in [9.17, 15) is 10.2 Å². The molecule has 17 heavy (non-hydrogen) atoms. The van der Waals surface area contributed by atoms with Gasteiger partial charge in [-0.25, -0.2) is 0 Å². The van der Waals surface area contributed by atoms with Crippen molar-refractivity contribution >= 4 is 0 Å². The molecule has 0 bridgehead atoms. The van der Waals surface area contributed by atoms with Crippen LogP contribution >= 0.6 is 0 Å². The quantitative estimate of drug-likeness (QED) is 0.610. The van der Waals surface area contributed by atoms with Crippen molar-refractivity contribution in [1.29, 1.82) is 0 Å². The monoisotopic (exact) mass is 239 g/mol. The molecule has 0 heterocycles. The van der Waals surface area contributed by atoms with Crippen LogP contribution in [0.15, 0.2) is 18.2 Å². The number of hydrogen-bond donors (Lipinski definition) is 4. The Morgan fingerprint density at radius 1 is 1.24 bits per heavy atom. The zero-order chi connectivity index (χ0) is 12.8. The van der Waals surface area contributed by atoms with Gasteiger partial charge in [0.1, 0.15) is 11.5 Å². The van der Waals surface area contributed by atoms with Gasteiger partial charge >= 0.3 is 0 Å². The van der Waals surface area contributed by atoms with Crippen molar-refractivity contribution < 1.29 is 15.3 Å². The molecule has 0 radical (unpaired) electrons. The summed E-state index contributed by atoms with van der Waals surface area (Å²) in [5.74, 6) is 0.550. The maximum Gasteiger partial charge on any atom is 0.124 e. The molecule has 4 heteroatoms. The number of rotatable bonds is 6. The number of phenolic OH excluding ortho intramolecular Hbond substituents is 2. The summed E-state index contributed by atoms with van der Waals surface area (Å²) < 4.78 is 0. The van der Waals surface area contributed by atoms with Crippen molar-refractivity contribution in [3.05, 3.63) is 23.8 Å². The number of aliphatic hydroxyl groups excluding tert-OH is 1. The van der Waals surface area contributed by atoms with Gasteiger partial charge in [0, 0.05) is 24.3 Å². The third-order valence-electron chi connectivity index (χ3n) is 2.87. The highest BCUT2D eigenvalue weighted by molar-refractivity contribution is 5.40. The van der Waals surface area contributed by atoms with E-state index in [2.05, 4.69) is 12.2 Å². The van der Waals surface area contributed by atoms with Gasteiger partial charge in [0.2, 0.25) is 0 Å². The fourth-order valence-corrected chi connectivity index (χ4v) is 1.71. The van der Waals surface area contributed by atoms with Crippen molar-refractivity contribution in [2.24, 2.45) is 5.92 Å². The van der Waals surface area contributed by atoms with E-state index < -0.39 is 0 Å². The average Bonchev–Trinajstić information content (AvgIpc) is 2.26. The normalized spacial score (nSPS) is 14.5. The fourth-order valence-electron chi connectivity index (χ4n) is 1.71. The summed E-state index contributed by atoms with van der Waals surface area (Å²) in [5, 5.41) is 31.0. The summed E-state index contributed by atoms with van der Waals surface area (Å²) in [5.41, 5.74) is 0.763. The van der Waals surface area contributed by atoms with Crippen molar-refractivity contribution in [1.82, 2.24) is 5.32 Å². The minimum absolute atomic E-state index is 0.0109. The highest BCUT2D eigenvalue weighted by Gasteiger charge is 2.11. The molecule has 4 N–H and O–H groups in total. The van der Waals surface area contributed by atoms with Gasteiger partial charge in [-0.3, -0.25) is 0 Å². The summed E-state index contributed by atoms with van der Waals surface area (Å²) in [6.45, 7) is 4.99. The first kappa shape index (κ1) is 13.8. The summed E-state index contributed by atoms with van der Waals surface area (Å²) in [7, 11) is 0. The van der Waals surface area contributed by atoms with Crippen LogP contribution in [0.25, 0.3) is 0 Å². The SMILES string of the molecule is CC(CCO)CNC(C)c1ccc(O)cc1O. The molecule has 1 aromatic rings. The average molecular weight is 239 g/mol. The molecular weight excluding hydrogens is 218 g/mol. The van der Waals surface area contributed by atoms with Crippen LogP contribution in [0.1, 0.15) is 31.9 Å². The van der Waals surface area contributed by atoms with Crippen molar-refractivity contribution in [3.8, 4) is 11.5 Å². The Balaban J connectivity index is 2.54. The van der Waals surface area contributed by atoms with Gasteiger partial charge < -0.3 is 20.6 Å². The van der Waals surface area contributed by atoms with Crippen LogP contribution in [0.2, 0.25) is 0 Å². The molecule has 0 spiro atoms. The van der Waals surface area contributed by atoms with Gasteiger partial charge in [-0.15, -0.1) is 0 Å². The zero-order valence-corrected chi connectivity index (χ0v) is 10.3. The van der Waals surface area contributed by atoms with E-state index in [0.29, 0.717) is 5.92 Å². The Morgan fingerprint density at radius 2 is 1.94 bits per heavy atom. The molecule has 0 aliphatic heterocycles. The second kappa shape index (κ2) is 6.47. The van der Waals surface area contributed by atoms with E-state index in [1.165, 1.54) is 6.07 Å². The molecule has 1 aromatic carbocycles. The first-order valence-corrected chi connectivity index (χ1v) is 5.90. The van der Waals surface area contributed by atoms with Crippen LogP contribution in [0.5, 0.6) is 11.5 Å². The Bertz CT molecular complexity index is 355. The molecule has 2 atom stereocenters. The molecule has 0 fully saturated rings. The van der Waals surface area contributed by atoms with E-state index >= 15 is 0 Å². The molecule has 4 nitrogen and oxygen atoms in total. The van der Waals surface area contributed by atoms with Crippen molar-refractivity contribution in [3.63, 3.8) is 0 Å². The maximum absolute atomic E-state index is 9.69. The highest BCUT2D eigenvalue weighted by atomic mass is 16.3. The Labute approximate surface area is 102 Å². The van der Waals surface area contributed by atoms with E-state index in [1.807, 2.05) is 6.92 Å². The smallest absolute Gasteiger partial charge is 0.124 e. The number of hydrogen-bond acceptors (Lipinski definition) is 4. The largest absolute Gasteiger partial charge is 0.508 e. The van der Waals surface area contributed by atoms with Gasteiger partial charge in [-0.05, 0) is 31.9 Å². The Morgan fingerprint density at radius 3 is 2.53 bits per heavy atom. The number of phenols is 2. The molecule has 0 aliphatic rings. The molecule has 0 aliphatic carbocycles. The minimum Gasteiger partial charge on any atom is -0.508 e. The maximum atomic E-state index is 9.69.